The standard InChI is InChI=1S/C22H29BrO3/c1-20-9-7-17(24)19(23)16(20)4-3-13-14(20)5-10-21(2)15(13)6-11-22(21)12-8-18(25)26-22/h13-15H,3-12H2,1-2H3/t13-,14+,15+,20-,21+,22-/m1/s1. The van der Waals surface area contributed by atoms with Crippen LogP contribution in [-0.2, 0) is 14.3 Å². The van der Waals surface area contributed by atoms with Gasteiger partial charge < -0.3 is 4.74 Å². The second-order valence-corrected chi connectivity index (χ2v) is 10.8. The Morgan fingerprint density at radius 3 is 2.42 bits per heavy atom. The zero-order chi connectivity index (χ0) is 18.3. The van der Waals surface area contributed by atoms with Crippen LogP contribution in [0.2, 0.25) is 0 Å². The van der Waals surface area contributed by atoms with Crippen molar-refractivity contribution in [1.82, 2.24) is 0 Å². The molecule has 5 rings (SSSR count). The van der Waals surface area contributed by atoms with Gasteiger partial charge in [0.15, 0.2) is 5.78 Å². The van der Waals surface area contributed by atoms with Crippen LogP contribution in [0.1, 0.15) is 78.1 Å². The van der Waals surface area contributed by atoms with Crippen molar-refractivity contribution in [2.45, 2.75) is 83.7 Å². The molecule has 0 bridgehead atoms. The summed E-state index contributed by atoms with van der Waals surface area (Å²) in [6.45, 7) is 4.85. The van der Waals surface area contributed by atoms with E-state index in [2.05, 4.69) is 29.8 Å². The van der Waals surface area contributed by atoms with Crippen molar-refractivity contribution in [3.8, 4) is 0 Å². The average molecular weight is 421 g/mol. The van der Waals surface area contributed by atoms with Gasteiger partial charge in [0.25, 0.3) is 0 Å². The molecule has 0 aromatic rings. The molecule has 26 heavy (non-hydrogen) atoms. The molecule has 1 saturated heterocycles. The van der Waals surface area contributed by atoms with E-state index in [4.69, 9.17) is 4.74 Å². The van der Waals surface area contributed by atoms with Gasteiger partial charge in [-0.1, -0.05) is 13.8 Å². The molecule has 1 aliphatic heterocycles. The Kier molecular flexibility index (Phi) is 3.66. The van der Waals surface area contributed by atoms with Crippen molar-refractivity contribution in [3.63, 3.8) is 0 Å². The minimum absolute atomic E-state index is 0.0181. The Hall–Kier alpha value is -0.640. The smallest absolute Gasteiger partial charge is 0.306 e. The predicted octanol–water partition coefficient (Wildman–Crippen LogP) is 5.32. The fourth-order valence-electron chi connectivity index (χ4n) is 7.94. The molecular weight excluding hydrogens is 392 g/mol. The van der Waals surface area contributed by atoms with E-state index < -0.39 is 0 Å². The van der Waals surface area contributed by atoms with E-state index in [-0.39, 0.29) is 22.4 Å². The lowest BCUT2D eigenvalue weighted by Gasteiger charge is -2.59. The van der Waals surface area contributed by atoms with Crippen molar-refractivity contribution in [2.24, 2.45) is 28.6 Å². The van der Waals surface area contributed by atoms with Crippen molar-refractivity contribution in [3.05, 3.63) is 10.1 Å². The maximum Gasteiger partial charge on any atom is 0.306 e. The normalized spacial score (nSPS) is 50.5. The third-order valence-electron chi connectivity index (χ3n) is 9.39. The van der Waals surface area contributed by atoms with Crippen LogP contribution in [0, 0.1) is 28.6 Å². The Labute approximate surface area is 164 Å². The third kappa shape index (κ3) is 2.00. The molecule has 0 aromatic heterocycles. The Morgan fingerprint density at radius 2 is 1.69 bits per heavy atom. The number of ether oxygens (including phenoxy) is 1. The number of carbonyl (C=O) groups excluding carboxylic acids is 2. The molecular formula is C22H29BrO3. The molecule has 4 heteroatoms. The van der Waals surface area contributed by atoms with Crippen LogP contribution < -0.4 is 0 Å². The van der Waals surface area contributed by atoms with E-state index in [1.807, 2.05) is 0 Å². The van der Waals surface area contributed by atoms with Gasteiger partial charge in [-0.2, -0.15) is 0 Å². The lowest BCUT2D eigenvalue weighted by molar-refractivity contribution is -0.168. The summed E-state index contributed by atoms with van der Waals surface area (Å²) in [5, 5.41) is 0. The molecule has 6 atom stereocenters. The van der Waals surface area contributed by atoms with Gasteiger partial charge in [-0.15, -0.1) is 0 Å². The zero-order valence-electron chi connectivity index (χ0n) is 15.9. The van der Waals surface area contributed by atoms with Crippen LogP contribution >= 0.6 is 15.9 Å². The monoisotopic (exact) mass is 420 g/mol. The molecule has 0 radical (unpaired) electrons. The van der Waals surface area contributed by atoms with Gasteiger partial charge in [-0.05, 0) is 96.0 Å². The summed E-state index contributed by atoms with van der Waals surface area (Å²) in [4.78, 5) is 24.2. The van der Waals surface area contributed by atoms with Gasteiger partial charge >= 0.3 is 5.97 Å². The van der Waals surface area contributed by atoms with Gasteiger partial charge in [0, 0.05) is 18.3 Å². The van der Waals surface area contributed by atoms with Crippen molar-refractivity contribution in [2.75, 3.05) is 0 Å². The van der Waals surface area contributed by atoms with Gasteiger partial charge in [-0.3, -0.25) is 9.59 Å². The summed E-state index contributed by atoms with van der Waals surface area (Å²) in [5.74, 6) is 2.38. The van der Waals surface area contributed by atoms with E-state index >= 15 is 0 Å². The van der Waals surface area contributed by atoms with E-state index in [0.29, 0.717) is 30.5 Å². The van der Waals surface area contributed by atoms with Crippen LogP contribution in [0.5, 0.6) is 0 Å². The van der Waals surface area contributed by atoms with Crippen LogP contribution in [0.4, 0.5) is 0 Å². The molecule has 4 fully saturated rings. The van der Waals surface area contributed by atoms with Gasteiger partial charge in [0.1, 0.15) is 5.60 Å². The summed E-state index contributed by atoms with van der Waals surface area (Å²) < 4.78 is 6.92. The van der Waals surface area contributed by atoms with Gasteiger partial charge in [0.2, 0.25) is 0 Å². The average Bonchev–Trinajstić information content (AvgIpc) is 3.13. The number of esters is 1. The highest BCUT2D eigenvalue weighted by molar-refractivity contribution is 9.12. The summed E-state index contributed by atoms with van der Waals surface area (Å²) in [6, 6.07) is 0. The number of rotatable bonds is 0. The van der Waals surface area contributed by atoms with Crippen LogP contribution in [0.3, 0.4) is 0 Å². The molecule has 5 aliphatic rings. The first-order valence-electron chi connectivity index (χ1n) is 10.4. The summed E-state index contributed by atoms with van der Waals surface area (Å²) >= 11 is 3.64. The molecule has 1 spiro atoms. The Balaban J connectivity index is 1.51. The molecule has 4 aliphatic carbocycles. The largest absolute Gasteiger partial charge is 0.458 e. The van der Waals surface area contributed by atoms with Crippen LogP contribution in [0.25, 0.3) is 0 Å². The number of hydrogen-bond acceptors (Lipinski definition) is 3. The van der Waals surface area contributed by atoms with Crippen molar-refractivity contribution >= 4 is 27.7 Å². The number of fused-ring (bicyclic) bond motifs is 6. The molecule has 3 nitrogen and oxygen atoms in total. The highest BCUT2D eigenvalue weighted by Gasteiger charge is 2.67. The number of hydrogen-bond donors (Lipinski definition) is 0. The summed E-state index contributed by atoms with van der Waals surface area (Å²) in [6.07, 6.45) is 10.1. The van der Waals surface area contributed by atoms with Gasteiger partial charge in [-0.25, -0.2) is 0 Å². The summed E-state index contributed by atoms with van der Waals surface area (Å²) in [5.41, 5.74) is 1.55. The zero-order valence-corrected chi connectivity index (χ0v) is 17.5. The van der Waals surface area contributed by atoms with E-state index in [1.165, 1.54) is 31.3 Å². The van der Waals surface area contributed by atoms with E-state index in [0.717, 1.165) is 36.1 Å². The highest BCUT2D eigenvalue weighted by Crippen LogP contribution is 2.70. The van der Waals surface area contributed by atoms with Crippen molar-refractivity contribution < 1.29 is 14.3 Å². The quantitative estimate of drug-likeness (QED) is 0.498. The lowest BCUT2D eigenvalue weighted by Crippen LogP contribution is -2.54. The van der Waals surface area contributed by atoms with Crippen LogP contribution in [-0.4, -0.2) is 17.4 Å². The molecule has 0 N–H and O–H groups in total. The molecule has 0 unspecified atom stereocenters. The minimum atomic E-state index is -0.181. The molecule has 3 saturated carbocycles. The van der Waals surface area contributed by atoms with E-state index in [1.54, 1.807) is 0 Å². The fraction of sp³-hybridized carbons (Fsp3) is 0.818. The number of allylic oxidation sites excluding steroid dienone is 1. The molecule has 142 valence electrons. The number of ketones is 1. The first kappa shape index (κ1) is 17.5. The minimum Gasteiger partial charge on any atom is -0.458 e. The predicted molar refractivity (Wildman–Crippen MR) is 103 cm³/mol. The fourth-order valence-corrected chi connectivity index (χ4v) is 8.79. The Morgan fingerprint density at radius 1 is 0.923 bits per heavy atom. The molecule has 1 heterocycles. The second-order valence-electron chi connectivity index (χ2n) is 10.0. The number of carbonyl (C=O) groups is 2. The Bertz CT molecular complexity index is 727. The highest BCUT2D eigenvalue weighted by atomic mass is 79.9. The maximum absolute atomic E-state index is 12.2. The topological polar surface area (TPSA) is 43.4 Å². The SMILES string of the molecule is C[C@]12CCC(=O)C(Br)=C1CC[C@@H]1[C@@H]2CC[C@@]2(C)[C@H]1CC[C@@]21CCC(=O)O1. The molecule has 0 aromatic carbocycles. The van der Waals surface area contributed by atoms with Gasteiger partial charge in [0.05, 0.1) is 4.48 Å². The lowest BCUT2D eigenvalue weighted by atomic mass is 9.46. The molecule has 0 amide bonds. The number of halogens is 1. The first-order valence-corrected chi connectivity index (χ1v) is 11.2. The number of Topliss-reactive ketones (excluding diaryl/α,β-unsaturated/α-hetero) is 1. The summed E-state index contributed by atoms with van der Waals surface area (Å²) in [7, 11) is 0. The second kappa shape index (κ2) is 5.46. The van der Waals surface area contributed by atoms with Crippen LogP contribution in [0.15, 0.2) is 10.1 Å². The van der Waals surface area contributed by atoms with Crippen molar-refractivity contribution in [1.29, 1.82) is 0 Å². The third-order valence-corrected chi connectivity index (χ3v) is 10.3. The first-order chi connectivity index (χ1) is 12.3. The maximum atomic E-state index is 12.2. The van der Waals surface area contributed by atoms with E-state index in [9.17, 15) is 9.59 Å².